The monoisotopic (exact) mass is 386 g/mol. The molecule has 2 unspecified atom stereocenters. The molecule has 2 aromatic rings. The van der Waals surface area contributed by atoms with Crippen LogP contribution in [0.1, 0.15) is 32.9 Å². The molecule has 1 saturated heterocycles. The minimum absolute atomic E-state index is 0.191. The van der Waals surface area contributed by atoms with E-state index < -0.39 is 11.9 Å². The third-order valence-corrected chi connectivity index (χ3v) is 3.93. The number of fused-ring (bicyclic) bond motifs is 1. The third kappa shape index (κ3) is 5.12. The molecular formula is C16H23ClN4O5. The molecule has 2 N–H and O–H groups in total. The number of aliphatic hydroxyl groups is 2. The van der Waals surface area contributed by atoms with Crippen molar-refractivity contribution in [3.8, 4) is 0 Å². The van der Waals surface area contributed by atoms with Crippen molar-refractivity contribution < 1.29 is 24.6 Å². The van der Waals surface area contributed by atoms with E-state index in [0.717, 1.165) is 11.8 Å². The van der Waals surface area contributed by atoms with Gasteiger partial charge in [0.1, 0.15) is 29.5 Å². The van der Waals surface area contributed by atoms with Crippen LogP contribution in [0.2, 0.25) is 5.15 Å². The minimum atomic E-state index is -1.50. The Balaban J connectivity index is 0.000000431. The number of carbonyl (C=O) groups excluding carboxylic acids is 1. The molecule has 0 spiro atoms. The molecule has 144 valence electrons. The topological polar surface area (TPSA) is 110 Å². The largest absolute Gasteiger partial charge is 0.366 e. The fraction of sp³-hybridized carbons (Fsp3) is 0.562. The van der Waals surface area contributed by atoms with E-state index in [2.05, 4.69) is 9.97 Å². The second-order valence-corrected chi connectivity index (χ2v) is 6.65. The van der Waals surface area contributed by atoms with Gasteiger partial charge in [-0.15, -0.1) is 0 Å². The number of ether oxygens (including phenoxy) is 1. The van der Waals surface area contributed by atoms with Gasteiger partial charge in [-0.1, -0.05) is 11.6 Å². The van der Waals surface area contributed by atoms with E-state index in [4.69, 9.17) is 31.4 Å². The maximum atomic E-state index is 12.0. The number of halogens is 1. The maximum Gasteiger partial charge on any atom is 0.275 e. The fourth-order valence-electron chi connectivity index (χ4n) is 2.47. The number of rotatable bonds is 3. The maximum absolute atomic E-state index is 12.0. The predicted molar refractivity (Wildman–Crippen MR) is 94.0 cm³/mol. The van der Waals surface area contributed by atoms with E-state index in [9.17, 15) is 4.79 Å². The van der Waals surface area contributed by atoms with Gasteiger partial charge in [0, 0.05) is 13.2 Å². The summed E-state index contributed by atoms with van der Waals surface area (Å²) >= 11 is 6.03. The summed E-state index contributed by atoms with van der Waals surface area (Å²) in [5.74, 6) is -1.69. The molecule has 0 saturated carbocycles. The highest BCUT2D eigenvalue weighted by molar-refractivity contribution is 6.33. The summed E-state index contributed by atoms with van der Waals surface area (Å²) in [6.45, 7) is 2.60. The van der Waals surface area contributed by atoms with Gasteiger partial charge in [-0.3, -0.25) is 9.63 Å². The van der Waals surface area contributed by atoms with Crippen LogP contribution in [0.3, 0.4) is 0 Å². The van der Waals surface area contributed by atoms with Crippen LogP contribution in [0.4, 0.5) is 0 Å². The van der Waals surface area contributed by atoms with E-state index >= 15 is 0 Å². The van der Waals surface area contributed by atoms with E-state index in [0.29, 0.717) is 17.2 Å². The smallest absolute Gasteiger partial charge is 0.275 e. The van der Waals surface area contributed by atoms with Crippen molar-refractivity contribution >= 4 is 28.5 Å². The van der Waals surface area contributed by atoms with Crippen molar-refractivity contribution in [1.29, 1.82) is 0 Å². The molecule has 3 rings (SSSR count). The third-order valence-electron chi connectivity index (χ3n) is 3.63. The average molecular weight is 387 g/mol. The van der Waals surface area contributed by atoms with E-state index in [1.54, 1.807) is 7.05 Å². The van der Waals surface area contributed by atoms with Crippen molar-refractivity contribution in [2.45, 2.75) is 44.8 Å². The summed E-state index contributed by atoms with van der Waals surface area (Å²) < 4.78 is 7.70. The number of aromatic nitrogens is 3. The Morgan fingerprint density at radius 1 is 1.42 bits per heavy atom. The standard InChI is InChI=1S/C13H15ClN4O3.C3H8O2/c1-17(20-2)13(19)9-3-4-10(21-9)18-6-5-8-11(14)15-7-16-12(8)18;1-3(2,4)5/h5-7,9-10H,3-4H2,1-2H3;4-5H,1-2H3. The Kier molecular flexibility index (Phi) is 6.53. The Morgan fingerprint density at radius 2 is 2.08 bits per heavy atom. The van der Waals surface area contributed by atoms with Crippen LogP contribution in [-0.4, -0.2) is 61.8 Å². The van der Waals surface area contributed by atoms with Crippen molar-refractivity contribution in [2.75, 3.05) is 14.2 Å². The summed E-state index contributed by atoms with van der Waals surface area (Å²) in [6, 6.07) is 1.84. The highest BCUT2D eigenvalue weighted by atomic mass is 35.5. The molecule has 9 nitrogen and oxygen atoms in total. The molecular weight excluding hydrogens is 364 g/mol. The first-order valence-corrected chi connectivity index (χ1v) is 8.38. The van der Waals surface area contributed by atoms with Gasteiger partial charge in [0.2, 0.25) is 0 Å². The van der Waals surface area contributed by atoms with Crippen LogP contribution >= 0.6 is 11.6 Å². The van der Waals surface area contributed by atoms with Crippen LogP contribution < -0.4 is 0 Å². The molecule has 10 heteroatoms. The van der Waals surface area contributed by atoms with Gasteiger partial charge in [0.25, 0.3) is 5.91 Å². The number of carbonyl (C=O) groups is 1. The number of likely N-dealkylation sites (N-methyl/N-ethyl adjacent to an activating group) is 1. The molecule has 1 aliphatic heterocycles. The first-order valence-electron chi connectivity index (χ1n) is 8.00. The second kappa shape index (κ2) is 8.28. The van der Waals surface area contributed by atoms with Gasteiger partial charge >= 0.3 is 0 Å². The van der Waals surface area contributed by atoms with Crippen LogP contribution in [-0.2, 0) is 14.4 Å². The molecule has 2 atom stereocenters. The SMILES string of the molecule is CC(C)(O)O.CON(C)C(=O)C1CCC(n2ccc3c(Cl)ncnc32)O1. The number of nitrogens with zero attached hydrogens (tertiary/aromatic N) is 4. The summed E-state index contributed by atoms with van der Waals surface area (Å²) in [6.07, 6.45) is 3.87. The second-order valence-electron chi connectivity index (χ2n) is 6.29. The molecule has 0 radical (unpaired) electrons. The zero-order valence-corrected chi connectivity index (χ0v) is 15.8. The normalized spacial score (nSPS) is 20.0. The van der Waals surface area contributed by atoms with Gasteiger partial charge in [-0.25, -0.2) is 15.0 Å². The minimum Gasteiger partial charge on any atom is -0.366 e. The molecule has 3 heterocycles. The molecule has 2 aromatic heterocycles. The van der Waals surface area contributed by atoms with Crippen LogP contribution in [0, 0.1) is 0 Å². The van der Waals surface area contributed by atoms with Crippen molar-refractivity contribution in [3.05, 3.63) is 23.7 Å². The summed E-state index contributed by atoms with van der Waals surface area (Å²) in [5, 5.41) is 18.5. The quantitative estimate of drug-likeness (QED) is 0.467. The Hall–Kier alpha value is -1.78. The molecule has 0 aliphatic carbocycles. The van der Waals surface area contributed by atoms with E-state index in [1.807, 2.05) is 16.8 Å². The van der Waals surface area contributed by atoms with E-state index in [1.165, 1.54) is 32.3 Å². The molecule has 0 aromatic carbocycles. The van der Waals surface area contributed by atoms with Gasteiger partial charge < -0.3 is 19.5 Å². The lowest BCUT2D eigenvalue weighted by Crippen LogP contribution is -2.35. The molecule has 0 bridgehead atoms. The zero-order chi connectivity index (χ0) is 19.5. The summed E-state index contributed by atoms with van der Waals surface area (Å²) in [7, 11) is 3.01. The Morgan fingerprint density at radius 3 is 2.69 bits per heavy atom. The lowest BCUT2D eigenvalue weighted by atomic mass is 10.2. The van der Waals surface area contributed by atoms with Crippen molar-refractivity contribution in [1.82, 2.24) is 19.6 Å². The first kappa shape index (κ1) is 20.5. The van der Waals surface area contributed by atoms with Crippen molar-refractivity contribution in [3.63, 3.8) is 0 Å². The molecule has 26 heavy (non-hydrogen) atoms. The Labute approximate surface area is 156 Å². The summed E-state index contributed by atoms with van der Waals surface area (Å²) in [5.41, 5.74) is 0.702. The number of hydrogen-bond donors (Lipinski definition) is 2. The highest BCUT2D eigenvalue weighted by Gasteiger charge is 2.34. The van der Waals surface area contributed by atoms with Crippen LogP contribution in [0.15, 0.2) is 18.6 Å². The van der Waals surface area contributed by atoms with Gasteiger partial charge in [0.05, 0.1) is 12.5 Å². The number of amides is 1. The highest BCUT2D eigenvalue weighted by Crippen LogP contribution is 2.32. The molecule has 1 aliphatic rings. The lowest BCUT2D eigenvalue weighted by Gasteiger charge is -2.19. The number of hydroxylamine groups is 2. The van der Waals surface area contributed by atoms with Crippen LogP contribution in [0.25, 0.3) is 11.0 Å². The first-order chi connectivity index (χ1) is 12.1. The fourth-order valence-corrected chi connectivity index (χ4v) is 2.66. The number of hydrogen-bond acceptors (Lipinski definition) is 7. The Bertz CT molecular complexity index is 755. The van der Waals surface area contributed by atoms with Gasteiger partial charge in [-0.05, 0) is 32.8 Å². The van der Waals surface area contributed by atoms with Crippen LogP contribution in [0.5, 0.6) is 0 Å². The lowest BCUT2D eigenvalue weighted by molar-refractivity contribution is -0.181. The van der Waals surface area contributed by atoms with E-state index in [-0.39, 0.29) is 12.1 Å². The molecule has 1 fully saturated rings. The average Bonchev–Trinajstić information content (AvgIpc) is 3.18. The zero-order valence-electron chi connectivity index (χ0n) is 15.1. The summed E-state index contributed by atoms with van der Waals surface area (Å²) in [4.78, 5) is 25.1. The van der Waals surface area contributed by atoms with Gasteiger partial charge in [-0.2, -0.15) is 0 Å². The van der Waals surface area contributed by atoms with Crippen molar-refractivity contribution in [2.24, 2.45) is 0 Å². The predicted octanol–water partition coefficient (Wildman–Crippen LogP) is 1.49. The molecule has 1 amide bonds. The van der Waals surface area contributed by atoms with Gasteiger partial charge in [0.15, 0.2) is 5.79 Å².